The minimum atomic E-state index is 0. The first-order valence-electron chi connectivity index (χ1n) is 0.986. The van der Waals surface area contributed by atoms with Gasteiger partial charge >= 0.3 is 51.4 Å². The summed E-state index contributed by atoms with van der Waals surface area (Å²) in [5, 5.41) is 0. The van der Waals surface area contributed by atoms with Gasteiger partial charge in [0.1, 0.15) is 0 Å². The van der Waals surface area contributed by atoms with Crippen molar-refractivity contribution in [2.45, 2.75) is 14.9 Å². The Balaban J connectivity index is -0.00000000267. The van der Waals surface area contributed by atoms with Crippen molar-refractivity contribution >= 4 is 18.5 Å². The predicted molar refractivity (Wildman–Crippen MR) is 44.2 cm³/mol. The van der Waals surface area contributed by atoms with Crippen LogP contribution < -0.4 is 51.4 Å². The minimum Gasteiger partial charge on any atom is -0.323 e. The molecule has 7 heavy (non-hydrogen) atoms. The largest absolute Gasteiger partial charge is 1.00 e. The van der Waals surface area contributed by atoms with Gasteiger partial charge < -0.3 is 15.9 Å². The van der Waals surface area contributed by atoms with Gasteiger partial charge in [0.15, 0.2) is 0 Å². The summed E-state index contributed by atoms with van der Waals surface area (Å²) in [6.45, 7) is 5.08. The van der Waals surface area contributed by atoms with Gasteiger partial charge in [-0.2, -0.15) is 0 Å². The molecule has 0 aromatic carbocycles. The second kappa shape index (κ2) is 76.6. The van der Waals surface area contributed by atoms with Crippen molar-refractivity contribution in [3.05, 3.63) is 6.66 Å². The molecule has 0 aliphatic heterocycles. The van der Waals surface area contributed by atoms with Crippen LogP contribution in [0.1, 0.15) is 14.9 Å². The zero-order valence-electron chi connectivity index (χ0n) is 3.86. The van der Waals surface area contributed by atoms with Crippen molar-refractivity contribution in [2.24, 2.45) is 0 Å². The Kier molecular flexibility index (Phi) is 371. The number of rotatable bonds is 0. The Bertz CT molecular complexity index is 9.65. The first-order chi connectivity index (χ1) is 2.00. The SMILES string of the molecule is C.C.CP.[CH2-]P.[K+]. The van der Waals surface area contributed by atoms with Gasteiger partial charge in [-0.3, -0.25) is 0 Å². The molecule has 2 unspecified atom stereocenters. The summed E-state index contributed by atoms with van der Waals surface area (Å²) in [7, 11) is 4.58. The van der Waals surface area contributed by atoms with Crippen LogP contribution in [0.3, 0.4) is 0 Å². The van der Waals surface area contributed by atoms with E-state index in [9.17, 15) is 0 Å². The van der Waals surface area contributed by atoms with Crippen molar-refractivity contribution in [1.82, 2.24) is 0 Å². The van der Waals surface area contributed by atoms with Crippen molar-refractivity contribution < 1.29 is 51.4 Å². The summed E-state index contributed by atoms with van der Waals surface area (Å²) in [4.78, 5) is 0. The van der Waals surface area contributed by atoms with E-state index in [1.807, 2.05) is 6.66 Å². The summed E-state index contributed by atoms with van der Waals surface area (Å²) in [6.07, 6.45) is 0. The summed E-state index contributed by atoms with van der Waals surface area (Å²) in [6, 6.07) is 0. The summed E-state index contributed by atoms with van der Waals surface area (Å²) in [5.41, 5.74) is 0. The van der Waals surface area contributed by atoms with Crippen LogP contribution in [0.4, 0.5) is 0 Å². The van der Waals surface area contributed by atoms with Crippen LogP contribution in [0, 0.1) is 6.66 Å². The molecule has 0 spiro atoms. The van der Waals surface area contributed by atoms with Gasteiger partial charge in [0.25, 0.3) is 0 Å². The van der Waals surface area contributed by atoms with Crippen LogP contribution in [0.15, 0.2) is 0 Å². The third kappa shape index (κ3) is 57.5. The minimum absolute atomic E-state index is 0. The fraction of sp³-hybridized carbons (Fsp3) is 0.750. The molecular formula is C4H17KP2. The Morgan fingerprint density at radius 2 is 1.00 bits per heavy atom. The van der Waals surface area contributed by atoms with E-state index in [0.717, 1.165) is 0 Å². The van der Waals surface area contributed by atoms with Gasteiger partial charge in [-0.15, -0.1) is 9.24 Å². The summed E-state index contributed by atoms with van der Waals surface area (Å²) in [5.74, 6) is 0. The average molecular weight is 166 g/mol. The molecule has 44 valence electrons. The maximum absolute atomic E-state index is 3.17. The van der Waals surface area contributed by atoms with Crippen LogP contribution in [0.2, 0.25) is 0 Å². The maximum Gasteiger partial charge on any atom is 1.00 e. The second-order valence-electron chi connectivity index (χ2n) is 0. The van der Waals surface area contributed by atoms with Crippen LogP contribution in [0.5, 0.6) is 0 Å². The molecule has 2 atom stereocenters. The van der Waals surface area contributed by atoms with Crippen LogP contribution in [-0.2, 0) is 0 Å². The molecule has 0 N–H and O–H groups in total. The van der Waals surface area contributed by atoms with E-state index < -0.39 is 0 Å². The fourth-order valence-corrected chi connectivity index (χ4v) is 0. The molecule has 0 rings (SSSR count). The smallest absolute Gasteiger partial charge is 0.323 e. The maximum atomic E-state index is 3.17. The molecule has 0 aromatic rings. The molecule has 0 saturated heterocycles. The normalized spacial score (nSPS) is 1.71. The zero-order chi connectivity index (χ0) is 4.00. The Morgan fingerprint density at radius 1 is 1.00 bits per heavy atom. The van der Waals surface area contributed by atoms with Crippen molar-refractivity contribution in [2.75, 3.05) is 6.66 Å². The van der Waals surface area contributed by atoms with E-state index in [0.29, 0.717) is 0 Å². The molecule has 0 heterocycles. The quantitative estimate of drug-likeness (QED) is 0.257. The van der Waals surface area contributed by atoms with Crippen molar-refractivity contribution in [3.8, 4) is 0 Å². The first-order valence-corrected chi connectivity index (χ1v) is 2.96. The van der Waals surface area contributed by atoms with Gasteiger partial charge in [0.2, 0.25) is 0 Å². The van der Waals surface area contributed by atoms with E-state index in [-0.39, 0.29) is 66.2 Å². The van der Waals surface area contributed by atoms with E-state index in [4.69, 9.17) is 0 Å². The third-order valence-corrected chi connectivity index (χ3v) is 0. The van der Waals surface area contributed by atoms with Crippen molar-refractivity contribution in [1.29, 1.82) is 0 Å². The molecule has 0 amide bonds. The number of hydrogen-bond donors (Lipinski definition) is 0. The molecule has 0 radical (unpaired) electrons. The molecule has 0 nitrogen and oxygen atoms in total. The third-order valence-electron chi connectivity index (χ3n) is 0. The first kappa shape index (κ1) is 33.9. The number of hydrogen-bond acceptors (Lipinski definition) is 0. The van der Waals surface area contributed by atoms with Crippen LogP contribution >= 0.6 is 18.5 Å². The van der Waals surface area contributed by atoms with Crippen LogP contribution in [0.25, 0.3) is 0 Å². The average Bonchev–Trinajstić information content (AvgIpc) is 1.50. The Labute approximate surface area is 96.4 Å². The van der Waals surface area contributed by atoms with E-state index in [1.54, 1.807) is 0 Å². The molecule has 0 saturated carbocycles. The topological polar surface area (TPSA) is 0 Å². The van der Waals surface area contributed by atoms with Gasteiger partial charge in [0, 0.05) is 0 Å². The van der Waals surface area contributed by atoms with Gasteiger partial charge in [0.05, 0.1) is 0 Å². The molecule has 3 heteroatoms. The van der Waals surface area contributed by atoms with E-state index in [1.165, 1.54) is 0 Å². The summed E-state index contributed by atoms with van der Waals surface area (Å²) >= 11 is 0. The predicted octanol–water partition coefficient (Wildman–Crippen LogP) is -0.579. The van der Waals surface area contributed by atoms with Gasteiger partial charge in [-0.1, -0.05) is 21.5 Å². The molecule has 0 bridgehead atoms. The molecule has 0 aromatic heterocycles. The second-order valence-corrected chi connectivity index (χ2v) is 0. The van der Waals surface area contributed by atoms with Crippen molar-refractivity contribution in [3.63, 3.8) is 0 Å². The summed E-state index contributed by atoms with van der Waals surface area (Å²) < 4.78 is 0. The van der Waals surface area contributed by atoms with E-state index >= 15 is 0 Å². The monoisotopic (exact) mass is 166 g/mol. The van der Waals surface area contributed by atoms with Gasteiger partial charge in [-0.25, -0.2) is 0 Å². The van der Waals surface area contributed by atoms with E-state index in [2.05, 4.69) is 25.1 Å². The zero-order valence-corrected chi connectivity index (χ0v) is 9.29. The Hall–Kier alpha value is 2.50. The fourth-order valence-electron chi connectivity index (χ4n) is 0. The molecule has 0 aliphatic rings. The molecule has 0 fully saturated rings. The Morgan fingerprint density at radius 3 is 1.00 bits per heavy atom. The van der Waals surface area contributed by atoms with Crippen LogP contribution in [-0.4, -0.2) is 6.66 Å². The molecular weight excluding hydrogens is 149 g/mol. The molecule has 0 aliphatic carbocycles. The van der Waals surface area contributed by atoms with Gasteiger partial charge in [-0.05, 0) is 0 Å². The standard InChI is InChI=1S/CH5P.CH4P.2CH4.K/c2*1-2;;;/h2H2,1H3;1-2H2;2*1H4;/q;-1;;;+1.